The number of anilines is 1. The smallest absolute Gasteiger partial charge is 0.0928 e. The van der Waals surface area contributed by atoms with E-state index in [2.05, 4.69) is 50.5 Å². The second-order valence-corrected chi connectivity index (χ2v) is 4.88. The Morgan fingerprint density at radius 3 is 2.65 bits per heavy atom. The molecule has 0 bridgehead atoms. The highest BCUT2D eigenvalue weighted by molar-refractivity contribution is 9.10. The molecular weight excluding hydrogens is 278 g/mol. The molecule has 0 aromatic heterocycles. The largest absolute Gasteiger partial charge is 0.367 e. The van der Waals surface area contributed by atoms with Crippen LogP contribution in [0.3, 0.4) is 0 Å². The number of halogens is 1. The Morgan fingerprint density at radius 1 is 1.35 bits per heavy atom. The normalized spacial score (nSPS) is 15.7. The van der Waals surface area contributed by atoms with Crippen LogP contribution in [0.5, 0.6) is 0 Å². The van der Waals surface area contributed by atoms with Crippen molar-refractivity contribution in [1.82, 2.24) is 5.32 Å². The molecule has 0 atom stereocenters. The van der Waals surface area contributed by atoms with E-state index < -0.39 is 0 Å². The second-order valence-electron chi connectivity index (χ2n) is 3.96. The third kappa shape index (κ3) is 2.58. The average Bonchev–Trinajstić information content (AvgIpc) is 2.38. The molecule has 1 aromatic rings. The number of piperazine rings is 1. The summed E-state index contributed by atoms with van der Waals surface area (Å²) in [6.45, 7) is 11.5. The van der Waals surface area contributed by atoms with E-state index in [-0.39, 0.29) is 0 Å². The molecule has 0 radical (unpaired) electrons. The standard InChI is InChI=1S/C13H16BrN3/c1-3-10-8-11(14)9-12(13(10)15-2)17-6-4-16-5-7-17/h3,8-9,16H,1-2,4-7H2. The molecule has 1 N–H and O–H groups in total. The van der Waals surface area contributed by atoms with Crippen molar-refractivity contribution in [2.75, 3.05) is 31.1 Å². The summed E-state index contributed by atoms with van der Waals surface area (Å²) in [6, 6.07) is 4.12. The molecule has 4 heteroatoms. The van der Waals surface area contributed by atoms with Gasteiger partial charge in [-0.1, -0.05) is 28.6 Å². The minimum Gasteiger partial charge on any atom is -0.367 e. The van der Waals surface area contributed by atoms with E-state index in [9.17, 15) is 0 Å². The maximum atomic E-state index is 4.15. The van der Waals surface area contributed by atoms with Crippen molar-refractivity contribution in [1.29, 1.82) is 0 Å². The van der Waals surface area contributed by atoms with Crippen LogP contribution in [0.15, 0.2) is 28.2 Å². The molecule has 1 aliphatic rings. The zero-order valence-corrected chi connectivity index (χ0v) is 11.3. The molecule has 0 aliphatic carbocycles. The summed E-state index contributed by atoms with van der Waals surface area (Å²) in [6.07, 6.45) is 1.82. The van der Waals surface area contributed by atoms with E-state index in [0.717, 1.165) is 47.6 Å². The first-order valence-electron chi connectivity index (χ1n) is 5.64. The van der Waals surface area contributed by atoms with Gasteiger partial charge in [-0.15, -0.1) is 0 Å². The third-order valence-electron chi connectivity index (χ3n) is 2.92. The van der Waals surface area contributed by atoms with Crippen molar-refractivity contribution in [2.24, 2.45) is 4.99 Å². The van der Waals surface area contributed by atoms with Crippen LogP contribution in [-0.4, -0.2) is 32.9 Å². The number of hydrogen-bond donors (Lipinski definition) is 1. The van der Waals surface area contributed by atoms with Gasteiger partial charge in [0, 0.05) is 36.2 Å². The quantitative estimate of drug-likeness (QED) is 0.868. The lowest BCUT2D eigenvalue weighted by Crippen LogP contribution is -2.43. The SMILES string of the molecule is C=Cc1cc(Br)cc(N2CCNCC2)c1N=C. The van der Waals surface area contributed by atoms with Crippen LogP contribution in [0.2, 0.25) is 0 Å². The van der Waals surface area contributed by atoms with Crippen LogP contribution in [0.4, 0.5) is 11.4 Å². The summed E-state index contributed by atoms with van der Waals surface area (Å²) in [4.78, 5) is 6.49. The summed E-state index contributed by atoms with van der Waals surface area (Å²) in [5.74, 6) is 0. The predicted octanol–water partition coefficient (Wildman–Crippen LogP) is 2.83. The summed E-state index contributed by atoms with van der Waals surface area (Å²) in [5, 5.41) is 3.35. The Morgan fingerprint density at radius 2 is 2.06 bits per heavy atom. The molecule has 0 saturated carbocycles. The van der Waals surface area contributed by atoms with Crippen LogP contribution in [-0.2, 0) is 0 Å². The zero-order chi connectivity index (χ0) is 12.3. The van der Waals surface area contributed by atoms with E-state index in [1.165, 1.54) is 0 Å². The molecule has 2 rings (SSSR count). The molecule has 1 heterocycles. The van der Waals surface area contributed by atoms with E-state index in [0.29, 0.717) is 0 Å². The van der Waals surface area contributed by atoms with Crippen molar-refractivity contribution in [3.63, 3.8) is 0 Å². The van der Waals surface area contributed by atoms with Crippen LogP contribution in [0.25, 0.3) is 6.08 Å². The zero-order valence-electron chi connectivity index (χ0n) is 9.75. The highest BCUT2D eigenvalue weighted by Gasteiger charge is 2.16. The Labute approximate surface area is 110 Å². The highest BCUT2D eigenvalue weighted by Crippen LogP contribution is 2.36. The number of benzene rings is 1. The van der Waals surface area contributed by atoms with Gasteiger partial charge in [0.15, 0.2) is 0 Å². The summed E-state index contributed by atoms with van der Waals surface area (Å²) in [7, 11) is 0. The van der Waals surface area contributed by atoms with Crippen molar-refractivity contribution in [2.45, 2.75) is 0 Å². The van der Waals surface area contributed by atoms with E-state index in [1.54, 1.807) is 0 Å². The third-order valence-corrected chi connectivity index (χ3v) is 3.38. The Hall–Kier alpha value is -1.13. The van der Waals surface area contributed by atoms with Crippen LogP contribution < -0.4 is 10.2 Å². The van der Waals surface area contributed by atoms with Gasteiger partial charge in [0.2, 0.25) is 0 Å². The molecule has 3 nitrogen and oxygen atoms in total. The predicted molar refractivity (Wildman–Crippen MR) is 78.5 cm³/mol. The number of nitrogens with one attached hydrogen (secondary N) is 1. The van der Waals surface area contributed by atoms with Gasteiger partial charge in [0.05, 0.1) is 11.4 Å². The van der Waals surface area contributed by atoms with Crippen molar-refractivity contribution < 1.29 is 0 Å². The van der Waals surface area contributed by atoms with Crippen molar-refractivity contribution in [3.05, 3.63) is 28.7 Å². The lowest BCUT2D eigenvalue weighted by Gasteiger charge is -2.31. The molecule has 1 aliphatic heterocycles. The van der Waals surface area contributed by atoms with Crippen molar-refractivity contribution in [3.8, 4) is 0 Å². The molecule has 0 spiro atoms. The topological polar surface area (TPSA) is 27.6 Å². The van der Waals surface area contributed by atoms with Gasteiger partial charge in [-0.3, -0.25) is 4.99 Å². The lowest BCUT2D eigenvalue weighted by atomic mass is 10.1. The van der Waals surface area contributed by atoms with Crippen LogP contribution in [0, 0.1) is 0 Å². The van der Waals surface area contributed by atoms with Gasteiger partial charge in [0.1, 0.15) is 0 Å². The lowest BCUT2D eigenvalue weighted by molar-refractivity contribution is 0.589. The summed E-state index contributed by atoms with van der Waals surface area (Å²) < 4.78 is 1.05. The van der Waals surface area contributed by atoms with E-state index in [1.807, 2.05) is 12.1 Å². The van der Waals surface area contributed by atoms with Gasteiger partial charge in [-0.2, -0.15) is 0 Å². The maximum absolute atomic E-state index is 4.15. The Kier molecular flexibility index (Phi) is 3.97. The van der Waals surface area contributed by atoms with Gasteiger partial charge in [-0.05, 0) is 18.9 Å². The highest BCUT2D eigenvalue weighted by atomic mass is 79.9. The molecule has 1 fully saturated rings. The monoisotopic (exact) mass is 293 g/mol. The second kappa shape index (κ2) is 5.47. The maximum Gasteiger partial charge on any atom is 0.0928 e. The van der Waals surface area contributed by atoms with Crippen LogP contribution in [0.1, 0.15) is 5.56 Å². The van der Waals surface area contributed by atoms with E-state index >= 15 is 0 Å². The molecule has 17 heavy (non-hydrogen) atoms. The molecule has 1 aromatic carbocycles. The number of nitrogens with zero attached hydrogens (tertiary/aromatic N) is 2. The fourth-order valence-electron chi connectivity index (χ4n) is 2.08. The minimum atomic E-state index is 0.921. The molecule has 1 saturated heterocycles. The fourth-order valence-corrected chi connectivity index (χ4v) is 2.54. The Balaban J connectivity index is 2.46. The van der Waals surface area contributed by atoms with Crippen molar-refractivity contribution >= 4 is 40.1 Å². The summed E-state index contributed by atoms with van der Waals surface area (Å²) >= 11 is 3.53. The first-order chi connectivity index (χ1) is 8.26. The number of hydrogen-bond acceptors (Lipinski definition) is 3. The first-order valence-corrected chi connectivity index (χ1v) is 6.44. The number of aliphatic imine (C=N–C) groups is 1. The van der Waals surface area contributed by atoms with E-state index in [4.69, 9.17) is 0 Å². The molecule has 0 unspecified atom stereocenters. The van der Waals surface area contributed by atoms with Gasteiger partial charge in [0.25, 0.3) is 0 Å². The Bertz CT molecular complexity index is 437. The molecular formula is C13H16BrN3. The van der Waals surface area contributed by atoms with Gasteiger partial charge in [-0.25, -0.2) is 0 Å². The average molecular weight is 294 g/mol. The number of rotatable bonds is 3. The molecule has 0 amide bonds. The van der Waals surface area contributed by atoms with Gasteiger partial charge >= 0.3 is 0 Å². The minimum absolute atomic E-state index is 0.921. The summed E-state index contributed by atoms with van der Waals surface area (Å²) in [5.41, 5.74) is 3.07. The fraction of sp³-hybridized carbons (Fsp3) is 0.308. The first kappa shape index (κ1) is 12.3. The van der Waals surface area contributed by atoms with Crippen LogP contribution >= 0.6 is 15.9 Å². The van der Waals surface area contributed by atoms with Gasteiger partial charge < -0.3 is 10.2 Å². The molecule has 90 valence electrons.